The molecule has 0 spiro atoms. The number of phenols is 2. The van der Waals surface area contributed by atoms with Crippen LogP contribution in [0.4, 0.5) is 34.1 Å². The minimum Gasteiger partial charge on any atom is -0.744 e. The number of phenolic OH excluding ortho intramolecular Hbond substituents is 2. The molecule has 0 aromatic heterocycles. The third-order valence-electron chi connectivity index (χ3n) is 7.65. The summed E-state index contributed by atoms with van der Waals surface area (Å²) in [5, 5.41) is 37.1. The largest absolute Gasteiger partial charge is 1.00 e. The summed E-state index contributed by atoms with van der Waals surface area (Å²) in [5.41, 5.74) is 11.0. The van der Waals surface area contributed by atoms with Crippen LogP contribution in [0.1, 0.15) is 11.1 Å². The van der Waals surface area contributed by atoms with Gasteiger partial charge < -0.3 is 35.3 Å². The molecular formula is C34H20Li6N6O20S6. The Hall–Kier alpha value is -3.85. The average molecular weight is 1070 g/mol. The normalized spacial score (nSPS) is 10.7. The van der Waals surface area contributed by atoms with Gasteiger partial charge in [0.25, 0.3) is 0 Å². The molecule has 38 heteroatoms. The Kier molecular flexibility index (Phi) is 33.7. The van der Waals surface area contributed by atoms with Gasteiger partial charge in [-0.2, -0.15) is 46.1 Å². The second-order valence-electron chi connectivity index (χ2n) is 11.8. The molecule has 72 heavy (non-hydrogen) atoms. The minimum absolute atomic E-state index is 0. The number of anilines is 2. The number of hydrogen-bond acceptors (Lipinski definition) is 26. The van der Waals surface area contributed by atoms with Gasteiger partial charge >= 0.3 is 145 Å². The van der Waals surface area contributed by atoms with E-state index in [4.69, 9.17) is 49.3 Å². The first-order valence-corrected chi connectivity index (χ1v) is 23.5. The third-order valence-corrected chi connectivity index (χ3v) is 10.2. The minimum atomic E-state index is -5.20. The molecule has 0 fully saturated rings. The van der Waals surface area contributed by atoms with Gasteiger partial charge in [-0.1, -0.05) is 40.7 Å². The number of benzene rings is 6. The Balaban J connectivity index is -0.00000116. The van der Waals surface area contributed by atoms with Crippen molar-refractivity contribution in [3.05, 3.63) is 102 Å². The Morgan fingerprint density at radius 1 is 0.514 bits per heavy atom. The van der Waals surface area contributed by atoms with Gasteiger partial charge in [0.2, 0.25) is 0 Å². The van der Waals surface area contributed by atoms with Gasteiger partial charge in [-0.05, 0) is 23.8 Å². The van der Waals surface area contributed by atoms with E-state index in [0.29, 0.717) is 5.56 Å². The molecule has 348 valence electrons. The molecule has 0 radical (unpaired) electrons. The van der Waals surface area contributed by atoms with Crippen LogP contribution in [0.25, 0.3) is 33.7 Å². The standard InChI is InChI=1S/C34H23N6O11S3.6Li.3O3S/c35-25-3-1-2-20-15-29(54(49,50)51)32(34(42)30(20)25)40-38-23-12-8-19(28(16-23)53(46,47)48)7-4-18-5-10-22(11-6-18)37-39-27-13-9-21-14-24(52(43,44)45)17-26(36)31(21)33(27)41;;;;;;;3*1-4(2)3/h2-5,7-12,14-17,41-42H,35-36H2,(H,43,44,45)(H,46,47,48)(H,49,50,51);;;;;;;;;/q-3;6*+1;;;/p-3/b7-4+,39-37?,40-38?;;;;;;;;;. The molecule has 0 aliphatic heterocycles. The van der Waals surface area contributed by atoms with E-state index >= 15 is 0 Å². The second-order valence-corrected chi connectivity index (χ2v) is 17.1. The van der Waals surface area contributed by atoms with Crippen molar-refractivity contribution >= 4 is 130 Å². The molecular weight excluding hydrogens is 1050 g/mol. The fourth-order valence-electron chi connectivity index (χ4n) is 5.18. The van der Waals surface area contributed by atoms with Crippen LogP contribution in [-0.2, 0) is 62.2 Å². The predicted molar refractivity (Wildman–Crippen MR) is 220 cm³/mol. The van der Waals surface area contributed by atoms with E-state index in [0.717, 1.165) is 24.3 Å². The number of nitrogens with zero attached hydrogens (tertiary/aromatic N) is 4. The third kappa shape index (κ3) is 22.7. The van der Waals surface area contributed by atoms with E-state index in [1.54, 1.807) is 0 Å². The number of rotatable bonds is 9. The van der Waals surface area contributed by atoms with Crippen LogP contribution >= 0.6 is 0 Å². The average Bonchev–Trinajstić information content (AvgIpc) is 3.18. The van der Waals surface area contributed by atoms with Crippen LogP contribution in [-0.4, -0.2) is 87.0 Å². The Morgan fingerprint density at radius 3 is 1.51 bits per heavy atom. The molecule has 6 N–H and O–H groups in total. The number of hydrogen-bond donors (Lipinski definition) is 4. The molecule has 0 heterocycles. The number of aromatic hydroxyl groups is 2. The van der Waals surface area contributed by atoms with Crippen LogP contribution in [0.5, 0.6) is 11.5 Å². The summed E-state index contributed by atoms with van der Waals surface area (Å²) >= 11 is 0. The Bertz CT molecular complexity index is 3630. The zero-order valence-electron chi connectivity index (χ0n) is 37.7. The summed E-state index contributed by atoms with van der Waals surface area (Å²) in [5.74, 6) is -1.23. The Morgan fingerprint density at radius 2 is 1.01 bits per heavy atom. The maximum Gasteiger partial charge on any atom is 1.00 e. The molecule has 0 aliphatic carbocycles. The molecule has 0 bridgehead atoms. The first-order chi connectivity index (χ1) is 30.5. The van der Waals surface area contributed by atoms with Crippen molar-refractivity contribution in [2.75, 3.05) is 11.5 Å². The van der Waals surface area contributed by atoms with E-state index in [9.17, 15) is 49.1 Å². The molecule has 26 nitrogen and oxygen atoms in total. The van der Waals surface area contributed by atoms with E-state index in [-0.39, 0.29) is 169 Å². The van der Waals surface area contributed by atoms with Crippen LogP contribution in [0.15, 0.2) is 108 Å². The zero-order chi connectivity index (χ0) is 49.9. The molecule has 0 atom stereocenters. The smallest absolute Gasteiger partial charge is 0.744 e. The molecule has 0 saturated carbocycles. The monoisotopic (exact) mass is 1070 g/mol. The number of azo groups is 2. The van der Waals surface area contributed by atoms with Crippen molar-refractivity contribution in [2.45, 2.75) is 14.7 Å². The van der Waals surface area contributed by atoms with Crippen molar-refractivity contribution in [1.29, 1.82) is 0 Å². The summed E-state index contributed by atoms with van der Waals surface area (Å²) in [6.45, 7) is 0. The molecule has 6 aromatic rings. The summed E-state index contributed by atoms with van der Waals surface area (Å²) in [6, 6.07) is 22.7. The van der Waals surface area contributed by atoms with Gasteiger partial charge in [0.05, 0.1) is 15.5 Å². The Labute approximate surface area is 485 Å². The second kappa shape index (κ2) is 32.5. The molecule has 0 saturated heterocycles. The first kappa shape index (κ1) is 74.7. The molecule has 0 amide bonds. The summed E-state index contributed by atoms with van der Waals surface area (Å²) < 4.78 is 183. The van der Waals surface area contributed by atoms with Gasteiger partial charge in [0.15, 0.2) is 0 Å². The first-order valence-electron chi connectivity index (χ1n) is 16.3. The van der Waals surface area contributed by atoms with E-state index in [2.05, 4.69) is 38.7 Å². The maximum absolute atomic E-state index is 12.2. The quantitative estimate of drug-likeness (QED) is 0.0261. The van der Waals surface area contributed by atoms with Gasteiger partial charge in [0.1, 0.15) is 41.8 Å². The van der Waals surface area contributed by atoms with Gasteiger partial charge in [-0.25, -0.2) is 30.4 Å². The van der Waals surface area contributed by atoms with Crippen molar-refractivity contribution in [1.82, 2.24) is 0 Å². The van der Waals surface area contributed by atoms with E-state index in [1.807, 2.05) is 0 Å². The van der Waals surface area contributed by atoms with Gasteiger partial charge in [-0.15, -0.1) is 84.1 Å². The van der Waals surface area contributed by atoms with Crippen molar-refractivity contribution in [2.24, 2.45) is 20.5 Å². The number of nitrogen functional groups attached to an aromatic ring is 2. The van der Waals surface area contributed by atoms with Crippen LogP contribution in [0, 0.1) is 18.2 Å². The summed E-state index contributed by atoms with van der Waals surface area (Å²) in [4.78, 5) is -2.23. The zero-order valence-corrected chi connectivity index (χ0v) is 42.6. The topological polar surface area (TPSA) is 467 Å². The number of fused-ring (bicyclic) bond motifs is 2. The predicted octanol–water partition coefficient (Wildman–Crippen LogP) is -15.3. The fraction of sp³-hybridized carbons (Fsp3) is 0. The maximum atomic E-state index is 12.2. The van der Waals surface area contributed by atoms with E-state index < -0.39 is 94.1 Å². The fourth-order valence-corrected chi connectivity index (χ4v) is 7.06. The molecule has 6 rings (SSSR count). The molecule has 0 aliphatic rings. The SMILES string of the molecule is Nc1cc(S(=O)(=O)[O-])cc2c[c-]c(N=Nc3c[c-]c(/C=C/c4ccc(N=Nc5c(S(=O)(=O)[O-])cc6c[c-]cc(N)c6c5O)cc4S(=O)(=O)[O-])cc3)c(O)c12.O=S(=O)=O.O=S(=O)=O.O=S(=O)=O.[Li+].[Li+].[Li+].[Li+].[Li+].[Li+]. The number of nitrogens with two attached hydrogens (primary N) is 2. The van der Waals surface area contributed by atoms with Crippen LogP contribution < -0.4 is 125 Å². The summed E-state index contributed by atoms with van der Waals surface area (Å²) in [6.07, 6.45) is 2.72. The van der Waals surface area contributed by atoms with E-state index in [1.165, 1.54) is 60.7 Å². The van der Waals surface area contributed by atoms with Crippen molar-refractivity contribution in [3.63, 3.8) is 0 Å². The van der Waals surface area contributed by atoms with Crippen molar-refractivity contribution in [3.8, 4) is 11.5 Å². The summed E-state index contributed by atoms with van der Waals surface area (Å²) in [7, 11) is -24.4. The van der Waals surface area contributed by atoms with Crippen LogP contribution in [0.3, 0.4) is 0 Å². The van der Waals surface area contributed by atoms with Gasteiger partial charge in [-0.3, -0.25) is 0 Å². The molecule has 0 unspecified atom stereocenters. The van der Waals surface area contributed by atoms with Crippen LogP contribution in [0.2, 0.25) is 0 Å². The van der Waals surface area contributed by atoms with Crippen molar-refractivity contribution < 1.29 is 200 Å². The van der Waals surface area contributed by atoms with Gasteiger partial charge in [0, 0.05) is 27.7 Å². The molecule has 6 aromatic carbocycles.